The SMILES string of the molecule is O=C1c2ccccc2OC(O)(c2ccccc2)C1[N+](=O)[O-]. The van der Waals surface area contributed by atoms with Crippen molar-refractivity contribution in [3.8, 4) is 5.75 Å². The number of aliphatic hydroxyl groups is 1. The number of ketones is 1. The van der Waals surface area contributed by atoms with Crippen molar-refractivity contribution in [3.05, 3.63) is 75.8 Å². The predicted octanol–water partition coefficient (Wildman–Crippen LogP) is 1.75. The molecular formula is C15H11NO5. The number of rotatable bonds is 2. The topological polar surface area (TPSA) is 89.7 Å². The smallest absolute Gasteiger partial charge is 0.343 e. The summed E-state index contributed by atoms with van der Waals surface area (Å²) in [6.45, 7) is 0. The standard InChI is InChI=1S/C15H11NO5/c17-13-11-8-4-5-9-12(11)21-15(18,14(13)16(19)20)10-6-2-1-3-7-10/h1-9,14,18H. The van der Waals surface area contributed by atoms with Crippen molar-refractivity contribution in [1.29, 1.82) is 0 Å². The monoisotopic (exact) mass is 285 g/mol. The number of hydrogen-bond donors (Lipinski definition) is 1. The molecule has 106 valence electrons. The van der Waals surface area contributed by atoms with Crippen molar-refractivity contribution < 1.29 is 19.6 Å². The largest absolute Gasteiger partial charge is 0.450 e. The van der Waals surface area contributed by atoms with E-state index in [-0.39, 0.29) is 16.9 Å². The lowest BCUT2D eigenvalue weighted by Crippen LogP contribution is -2.56. The molecule has 1 aliphatic heterocycles. The first-order chi connectivity index (χ1) is 10.0. The number of hydrogen-bond acceptors (Lipinski definition) is 5. The van der Waals surface area contributed by atoms with Crippen LogP contribution in [0.1, 0.15) is 15.9 Å². The average molecular weight is 285 g/mol. The zero-order valence-electron chi connectivity index (χ0n) is 10.8. The number of nitro groups is 1. The van der Waals surface area contributed by atoms with E-state index >= 15 is 0 Å². The molecule has 1 heterocycles. The molecule has 6 heteroatoms. The minimum Gasteiger partial charge on any atom is -0.450 e. The van der Waals surface area contributed by atoms with Gasteiger partial charge in [-0.3, -0.25) is 14.9 Å². The number of nitrogens with zero attached hydrogens (tertiary/aromatic N) is 1. The van der Waals surface area contributed by atoms with Gasteiger partial charge >= 0.3 is 11.8 Å². The van der Waals surface area contributed by atoms with Crippen molar-refractivity contribution in [3.63, 3.8) is 0 Å². The summed E-state index contributed by atoms with van der Waals surface area (Å²) in [5.74, 6) is -2.96. The fraction of sp³-hybridized carbons (Fsp3) is 0.133. The lowest BCUT2D eigenvalue weighted by atomic mass is 9.89. The van der Waals surface area contributed by atoms with Gasteiger partial charge in [0.2, 0.25) is 5.78 Å². The van der Waals surface area contributed by atoms with E-state index in [0.29, 0.717) is 0 Å². The molecule has 0 spiro atoms. The Balaban J connectivity index is 2.20. The van der Waals surface area contributed by atoms with Crippen LogP contribution in [0.4, 0.5) is 0 Å². The molecule has 0 saturated heterocycles. The quantitative estimate of drug-likeness (QED) is 0.670. The van der Waals surface area contributed by atoms with Gasteiger partial charge in [0.25, 0.3) is 0 Å². The van der Waals surface area contributed by atoms with Gasteiger partial charge in [-0.15, -0.1) is 0 Å². The molecule has 1 aliphatic rings. The zero-order valence-corrected chi connectivity index (χ0v) is 10.8. The number of carbonyl (C=O) groups excluding carboxylic acids is 1. The summed E-state index contributed by atoms with van der Waals surface area (Å²) in [4.78, 5) is 22.9. The van der Waals surface area contributed by atoms with Crippen LogP contribution in [-0.4, -0.2) is 21.9 Å². The van der Waals surface area contributed by atoms with Gasteiger partial charge in [-0.1, -0.05) is 42.5 Å². The molecule has 2 unspecified atom stereocenters. The van der Waals surface area contributed by atoms with Crippen molar-refractivity contribution in [2.24, 2.45) is 0 Å². The van der Waals surface area contributed by atoms with E-state index in [2.05, 4.69) is 0 Å². The third-order valence-electron chi connectivity index (χ3n) is 3.44. The van der Waals surface area contributed by atoms with Gasteiger partial charge in [-0.05, 0) is 12.1 Å². The maximum absolute atomic E-state index is 12.4. The fourth-order valence-electron chi connectivity index (χ4n) is 2.44. The number of Topliss-reactive ketones (excluding diaryl/α,β-unsaturated/α-hetero) is 1. The third kappa shape index (κ3) is 1.96. The first kappa shape index (κ1) is 13.3. The Morgan fingerprint density at radius 1 is 1.10 bits per heavy atom. The molecule has 1 N–H and O–H groups in total. The maximum atomic E-state index is 12.4. The zero-order chi connectivity index (χ0) is 15.0. The molecule has 0 aliphatic carbocycles. The van der Waals surface area contributed by atoms with Gasteiger partial charge in [0.1, 0.15) is 5.75 Å². The van der Waals surface area contributed by atoms with Gasteiger partial charge in [0, 0.05) is 10.5 Å². The van der Waals surface area contributed by atoms with Gasteiger partial charge < -0.3 is 9.84 Å². The molecule has 0 amide bonds. The first-order valence-corrected chi connectivity index (χ1v) is 6.27. The normalized spacial score (nSPS) is 24.0. The van der Waals surface area contributed by atoms with E-state index in [9.17, 15) is 20.0 Å². The number of para-hydroxylation sites is 1. The van der Waals surface area contributed by atoms with Crippen LogP contribution in [0.3, 0.4) is 0 Å². The number of ether oxygens (including phenoxy) is 1. The Bertz CT molecular complexity index is 715. The Hall–Kier alpha value is -2.73. The minimum atomic E-state index is -2.32. The van der Waals surface area contributed by atoms with Crippen LogP contribution in [0.5, 0.6) is 5.75 Å². The average Bonchev–Trinajstić information content (AvgIpc) is 2.48. The molecular weight excluding hydrogens is 274 g/mol. The summed E-state index contributed by atoms with van der Waals surface area (Å²) in [7, 11) is 0. The van der Waals surface area contributed by atoms with Gasteiger partial charge in [-0.25, -0.2) is 0 Å². The summed E-state index contributed by atoms with van der Waals surface area (Å²) < 4.78 is 5.44. The second-order valence-corrected chi connectivity index (χ2v) is 4.71. The van der Waals surface area contributed by atoms with Crippen LogP contribution in [0.2, 0.25) is 0 Å². The lowest BCUT2D eigenvalue weighted by molar-refractivity contribution is -0.546. The molecule has 2 aromatic rings. The van der Waals surface area contributed by atoms with Gasteiger partial charge in [0.05, 0.1) is 5.56 Å². The van der Waals surface area contributed by atoms with E-state index in [1.165, 1.54) is 24.3 Å². The molecule has 2 atom stereocenters. The van der Waals surface area contributed by atoms with Crippen LogP contribution >= 0.6 is 0 Å². The molecule has 0 bridgehead atoms. The number of fused-ring (bicyclic) bond motifs is 1. The van der Waals surface area contributed by atoms with Crippen molar-refractivity contribution in [1.82, 2.24) is 0 Å². The molecule has 0 aromatic heterocycles. The van der Waals surface area contributed by atoms with E-state index in [1.54, 1.807) is 30.3 Å². The second-order valence-electron chi connectivity index (χ2n) is 4.71. The molecule has 0 saturated carbocycles. The molecule has 2 aromatic carbocycles. The van der Waals surface area contributed by atoms with Crippen molar-refractivity contribution in [2.75, 3.05) is 0 Å². The predicted molar refractivity (Wildman–Crippen MR) is 72.5 cm³/mol. The van der Waals surface area contributed by atoms with Crippen molar-refractivity contribution >= 4 is 5.78 Å². The Kier molecular flexibility index (Phi) is 2.95. The molecule has 21 heavy (non-hydrogen) atoms. The molecule has 0 radical (unpaired) electrons. The van der Waals surface area contributed by atoms with Crippen LogP contribution in [0, 0.1) is 10.1 Å². The van der Waals surface area contributed by atoms with E-state index in [1.807, 2.05) is 0 Å². The minimum absolute atomic E-state index is 0.0970. The summed E-state index contributed by atoms with van der Waals surface area (Å²) in [5, 5.41) is 22.0. The van der Waals surface area contributed by atoms with Gasteiger partial charge in [0.15, 0.2) is 0 Å². The van der Waals surface area contributed by atoms with Crippen LogP contribution in [0.15, 0.2) is 54.6 Å². The van der Waals surface area contributed by atoms with E-state index < -0.39 is 22.5 Å². The van der Waals surface area contributed by atoms with Crippen LogP contribution in [-0.2, 0) is 5.79 Å². The highest BCUT2D eigenvalue weighted by atomic mass is 16.7. The highest BCUT2D eigenvalue weighted by molar-refractivity contribution is 6.03. The Labute approximate surface area is 119 Å². The first-order valence-electron chi connectivity index (χ1n) is 6.27. The van der Waals surface area contributed by atoms with Crippen LogP contribution in [0.25, 0.3) is 0 Å². The highest BCUT2D eigenvalue weighted by Gasteiger charge is 2.58. The maximum Gasteiger partial charge on any atom is 0.343 e. The summed E-state index contributed by atoms with van der Waals surface area (Å²) in [5.41, 5.74) is 0.259. The lowest BCUT2D eigenvalue weighted by Gasteiger charge is -2.34. The number of benzene rings is 2. The molecule has 0 fully saturated rings. The molecule has 6 nitrogen and oxygen atoms in total. The Morgan fingerprint density at radius 3 is 2.38 bits per heavy atom. The van der Waals surface area contributed by atoms with E-state index in [4.69, 9.17) is 4.74 Å². The third-order valence-corrected chi connectivity index (χ3v) is 3.44. The van der Waals surface area contributed by atoms with Crippen LogP contribution < -0.4 is 4.74 Å². The summed E-state index contributed by atoms with van der Waals surface area (Å²) >= 11 is 0. The molecule has 3 rings (SSSR count). The summed E-state index contributed by atoms with van der Waals surface area (Å²) in [6.07, 6.45) is 0. The second kappa shape index (κ2) is 4.68. The fourth-order valence-corrected chi connectivity index (χ4v) is 2.44. The Morgan fingerprint density at radius 2 is 1.71 bits per heavy atom. The number of carbonyl (C=O) groups is 1. The van der Waals surface area contributed by atoms with E-state index in [0.717, 1.165) is 0 Å². The van der Waals surface area contributed by atoms with Crippen molar-refractivity contribution in [2.45, 2.75) is 11.8 Å². The summed E-state index contributed by atoms with van der Waals surface area (Å²) in [6, 6.07) is 12.1. The highest BCUT2D eigenvalue weighted by Crippen LogP contribution is 2.39. The van der Waals surface area contributed by atoms with Gasteiger partial charge in [-0.2, -0.15) is 0 Å².